The Bertz CT molecular complexity index is 518. The number of likely N-dealkylation sites (tertiary alicyclic amines) is 1. The van der Waals surface area contributed by atoms with E-state index in [1.165, 1.54) is 4.90 Å². The number of hydrogen-bond donors (Lipinski definition) is 1. The van der Waals surface area contributed by atoms with Gasteiger partial charge in [-0.05, 0) is 43.9 Å². The van der Waals surface area contributed by atoms with E-state index >= 15 is 0 Å². The fraction of sp³-hybridized carbons (Fsp3) is 0.467. The molecule has 0 bridgehead atoms. The summed E-state index contributed by atoms with van der Waals surface area (Å²) in [6.45, 7) is 2.31. The van der Waals surface area contributed by atoms with Crippen molar-refractivity contribution in [3.63, 3.8) is 0 Å². The molecule has 0 aromatic heterocycles. The normalized spacial score (nSPS) is 20.5. The van der Waals surface area contributed by atoms with E-state index in [1.54, 1.807) is 25.1 Å². The molecule has 20 heavy (non-hydrogen) atoms. The van der Waals surface area contributed by atoms with Crippen molar-refractivity contribution in [2.75, 3.05) is 6.54 Å². The van der Waals surface area contributed by atoms with Gasteiger partial charge in [-0.15, -0.1) is 0 Å². The van der Waals surface area contributed by atoms with Crippen LogP contribution in [0.25, 0.3) is 0 Å². The van der Waals surface area contributed by atoms with Crippen LogP contribution in [0, 0.1) is 0 Å². The molecular formula is C15H18ClNO3. The number of aliphatic carboxylic acids is 1. The number of carboxylic acid groups (broad SMARTS) is 1. The first-order valence-corrected chi connectivity index (χ1v) is 7.17. The van der Waals surface area contributed by atoms with Gasteiger partial charge in [-0.1, -0.05) is 23.7 Å². The van der Waals surface area contributed by atoms with Gasteiger partial charge in [-0.3, -0.25) is 4.79 Å². The van der Waals surface area contributed by atoms with Gasteiger partial charge in [-0.2, -0.15) is 0 Å². The summed E-state index contributed by atoms with van der Waals surface area (Å²) in [4.78, 5) is 25.3. The zero-order valence-corrected chi connectivity index (χ0v) is 12.1. The van der Waals surface area contributed by atoms with Gasteiger partial charge in [-0.25, -0.2) is 4.79 Å². The summed E-state index contributed by atoms with van der Waals surface area (Å²) in [6, 6.07) is 6.45. The molecule has 1 fully saturated rings. The Labute approximate surface area is 123 Å². The van der Waals surface area contributed by atoms with Crippen molar-refractivity contribution in [2.24, 2.45) is 0 Å². The summed E-state index contributed by atoms with van der Waals surface area (Å²) in [5.74, 6) is -1.44. The zero-order chi connectivity index (χ0) is 14.7. The highest BCUT2D eigenvalue weighted by Crippen LogP contribution is 2.25. The number of halogens is 1. The zero-order valence-electron chi connectivity index (χ0n) is 11.4. The van der Waals surface area contributed by atoms with Crippen LogP contribution in [-0.4, -0.2) is 34.5 Å². The lowest BCUT2D eigenvalue weighted by atomic mass is 9.95. The molecule has 2 atom stereocenters. The number of carboxylic acids is 1. The SMILES string of the molecule is CC(C(=O)N1CCCC[C@@H]1C(=O)O)c1cccc(Cl)c1. The van der Waals surface area contributed by atoms with Gasteiger partial charge >= 0.3 is 5.97 Å². The van der Waals surface area contributed by atoms with Crippen molar-refractivity contribution >= 4 is 23.5 Å². The van der Waals surface area contributed by atoms with Crippen LogP contribution < -0.4 is 0 Å². The predicted octanol–water partition coefficient (Wildman–Crippen LogP) is 2.91. The van der Waals surface area contributed by atoms with Crippen molar-refractivity contribution in [3.05, 3.63) is 34.9 Å². The monoisotopic (exact) mass is 295 g/mol. The van der Waals surface area contributed by atoms with E-state index in [4.69, 9.17) is 11.6 Å². The molecule has 0 saturated carbocycles. The van der Waals surface area contributed by atoms with Gasteiger partial charge < -0.3 is 10.0 Å². The number of carbonyl (C=O) groups excluding carboxylic acids is 1. The van der Waals surface area contributed by atoms with E-state index in [-0.39, 0.29) is 11.8 Å². The number of amides is 1. The highest BCUT2D eigenvalue weighted by Gasteiger charge is 2.34. The fourth-order valence-electron chi connectivity index (χ4n) is 2.62. The minimum Gasteiger partial charge on any atom is -0.480 e. The van der Waals surface area contributed by atoms with E-state index < -0.39 is 12.0 Å². The Morgan fingerprint density at radius 1 is 1.40 bits per heavy atom. The van der Waals surface area contributed by atoms with E-state index in [9.17, 15) is 14.7 Å². The number of hydrogen-bond acceptors (Lipinski definition) is 2. The maximum atomic E-state index is 12.5. The molecule has 1 saturated heterocycles. The number of rotatable bonds is 3. The van der Waals surface area contributed by atoms with Crippen molar-refractivity contribution in [2.45, 2.75) is 38.1 Å². The number of carbonyl (C=O) groups is 2. The third kappa shape index (κ3) is 3.12. The topological polar surface area (TPSA) is 57.6 Å². The summed E-state index contributed by atoms with van der Waals surface area (Å²) in [5, 5.41) is 9.82. The smallest absolute Gasteiger partial charge is 0.326 e. The lowest BCUT2D eigenvalue weighted by molar-refractivity contribution is -0.152. The average molecular weight is 296 g/mol. The number of benzene rings is 1. The van der Waals surface area contributed by atoms with E-state index in [0.717, 1.165) is 18.4 Å². The van der Waals surface area contributed by atoms with Crippen molar-refractivity contribution < 1.29 is 14.7 Å². The van der Waals surface area contributed by atoms with Gasteiger partial charge in [0.1, 0.15) is 6.04 Å². The first-order chi connectivity index (χ1) is 9.50. The highest BCUT2D eigenvalue weighted by molar-refractivity contribution is 6.30. The Kier molecular flexibility index (Phi) is 4.65. The van der Waals surface area contributed by atoms with Gasteiger partial charge in [0.15, 0.2) is 0 Å². The molecule has 2 rings (SSSR count). The van der Waals surface area contributed by atoms with Crippen LogP contribution in [0.3, 0.4) is 0 Å². The fourth-order valence-corrected chi connectivity index (χ4v) is 2.82. The minimum atomic E-state index is -0.920. The summed E-state index contributed by atoms with van der Waals surface area (Å²) in [5.41, 5.74) is 0.817. The van der Waals surface area contributed by atoms with Gasteiger partial charge in [0.05, 0.1) is 5.92 Å². The molecule has 1 aliphatic rings. The lowest BCUT2D eigenvalue weighted by Gasteiger charge is -2.34. The van der Waals surface area contributed by atoms with E-state index in [1.807, 2.05) is 6.07 Å². The molecule has 0 radical (unpaired) electrons. The molecule has 1 aromatic carbocycles. The van der Waals surface area contributed by atoms with Crippen LogP contribution >= 0.6 is 11.6 Å². The molecule has 1 amide bonds. The van der Waals surface area contributed by atoms with Crippen LogP contribution in [0.5, 0.6) is 0 Å². The Morgan fingerprint density at radius 2 is 2.15 bits per heavy atom. The Balaban J connectivity index is 2.18. The van der Waals surface area contributed by atoms with Crippen LogP contribution in [0.4, 0.5) is 0 Å². The number of piperidine rings is 1. The molecular weight excluding hydrogens is 278 g/mol. The Hall–Kier alpha value is -1.55. The minimum absolute atomic E-state index is 0.139. The third-order valence-electron chi connectivity index (χ3n) is 3.79. The summed E-state index contributed by atoms with van der Waals surface area (Å²) in [7, 11) is 0. The maximum absolute atomic E-state index is 12.5. The molecule has 0 spiro atoms. The molecule has 108 valence electrons. The Morgan fingerprint density at radius 3 is 2.80 bits per heavy atom. The van der Waals surface area contributed by atoms with E-state index in [2.05, 4.69) is 0 Å². The molecule has 5 heteroatoms. The van der Waals surface area contributed by atoms with Crippen molar-refractivity contribution in [3.8, 4) is 0 Å². The standard InChI is InChI=1S/C15H18ClNO3/c1-10(11-5-4-6-12(16)9-11)14(18)17-8-3-2-7-13(17)15(19)20/h4-6,9-10,13H,2-3,7-8H2,1H3,(H,19,20)/t10?,13-/m1/s1. The summed E-state index contributed by atoms with van der Waals surface area (Å²) >= 11 is 5.94. The summed E-state index contributed by atoms with van der Waals surface area (Å²) in [6.07, 6.45) is 2.24. The first-order valence-electron chi connectivity index (χ1n) is 6.79. The van der Waals surface area contributed by atoms with Gasteiger partial charge in [0.2, 0.25) is 5.91 Å². The molecule has 1 unspecified atom stereocenters. The second-order valence-electron chi connectivity index (χ2n) is 5.16. The van der Waals surface area contributed by atoms with Crippen molar-refractivity contribution in [1.82, 2.24) is 4.90 Å². The molecule has 1 aromatic rings. The summed E-state index contributed by atoms with van der Waals surface area (Å²) < 4.78 is 0. The van der Waals surface area contributed by atoms with E-state index in [0.29, 0.717) is 18.0 Å². The van der Waals surface area contributed by atoms with Gasteiger partial charge in [0, 0.05) is 11.6 Å². The van der Waals surface area contributed by atoms with Crippen molar-refractivity contribution in [1.29, 1.82) is 0 Å². The largest absolute Gasteiger partial charge is 0.480 e. The molecule has 1 N–H and O–H groups in total. The quantitative estimate of drug-likeness (QED) is 0.933. The van der Waals surface area contributed by atoms with Crippen LogP contribution in [-0.2, 0) is 9.59 Å². The third-order valence-corrected chi connectivity index (χ3v) is 4.03. The molecule has 4 nitrogen and oxygen atoms in total. The van der Waals surface area contributed by atoms with Crippen LogP contribution in [0.15, 0.2) is 24.3 Å². The van der Waals surface area contributed by atoms with Crippen LogP contribution in [0.1, 0.15) is 37.7 Å². The lowest BCUT2D eigenvalue weighted by Crippen LogP contribution is -2.49. The maximum Gasteiger partial charge on any atom is 0.326 e. The molecule has 1 aliphatic heterocycles. The second-order valence-corrected chi connectivity index (χ2v) is 5.59. The predicted molar refractivity (Wildman–Crippen MR) is 76.9 cm³/mol. The molecule has 1 heterocycles. The molecule has 0 aliphatic carbocycles. The average Bonchev–Trinajstić information content (AvgIpc) is 2.45. The second kappa shape index (κ2) is 6.27. The number of nitrogens with zero attached hydrogens (tertiary/aromatic N) is 1. The first kappa shape index (κ1) is 14.9. The van der Waals surface area contributed by atoms with Crippen LogP contribution in [0.2, 0.25) is 5.02 Å². The highest BCUT2D eigenvalue weighted by atomic mass is 35.5. The van der Waals surface area contributed by atoms with Gasteiger partial charge in [0.25, 0.3) is 0 Å².